The number of hydrogen-bond donors (Lipinski definition) is 3. The van der Waals surface area contributed by atoms with Gasteiger partial charge in [0.25, 0.3) is 5.91 Å². The number of aryl methyl sites for hydroxylation is 1. The number of ether oxygens (including phenoxy) is 1. The fourth-order valence-electron chi connectivity index (χ4n) is 4.05. The highest BCUT2D eigenvalue weighted by Gasteiger charge is 2.27. The smallest absolute Gasteiger partial charge is 0.275 e. The maximum atomic E-state index is 12.7. The number of benzene rings is 1. The first-order valence-electron chi connectivity index (χ1n) is 10.2. The van der Waals surface area contributed by atoms with Crippen LogP contribution in [0.15, 0.2) is 29.2 Å². The summed E-state index contributed by atoms with van der Waals surface area (Å²) in [4.78, 5) is 19.2. The van der Waals surface area contributed by atoms with E-state index in [4.69, 9.17) is 16.2 Å². The summed E-state index contributed by atoms with van der Waals surface area (Å²) in [5.74, 6) is 1.79. The number of nitrogens with one attached hydrogen (secondary N) is 1. The van der Waals surface area contributed by atoms with Crippen LogP contribution in [-0.2, 0) is 7.05 Å². The summed E-state index contributed by atoms with van der Waals surface area (Å²) in [6.07, 6.45) is 3.87. The summed E-state index contributed by atoms with van der Waals surface area (Å²) in [7, 11) is 3.51. The highest BCUT2D eigenvalue weighted by atomic mass is 32.1. The van der Waals surface area contributed by atoms with Crippen molar-refractivity contribution < 1.29 is 9.53 Å². The summed E-state index contributed by atoms with van der Waals surface area (Å²) in [6.45, 7) is 2.50. The maximum absolute atomic E-state index is 12.7. The Kier molecular flexibility index (Phi) is 6.10. The molecule has 1 aliphatic heterocycles. The molecular weight excluding hydrogens is 414 g/mol. The molecule has 164 valence electrons. The lowest BCUT2D eigenvalue weighted by Crippen LogP contribution is -2.37. The van der Waals surface area contributed by atoms with E-state index in [1.807, 2.05) is 11.7 Å². The number of aromatic nitrogens is 3. The van der Waals surface area contributed by atoms with E-state index in [0.717, 1.165) is 42.9 Å². The highest BCUT2D eigenvalue weighted by Crippen LogP contribution is 2.44. The molecule has 0 atom stereocenters. The third kappa shape index (κ3) is 4.21. The van der Waals surface area contributed by atoms with Gasteiger partial charge in [-0.3, -0.25) is 9.48 Å². The largest absolute Gasteiger partial charge is 0.496 e. The minimum absolute atomic E-state index is 0.302. The van der Waals surface area contributed by atoms with Gasteiger partial charge in [0.2, 0.25) is 0 Å². The number of nitrogen functional groups attached to an aromatic ring is 1. The number of amides is 1. The number of carbonyl (C=O) groups is 1. The summed E-state index contributed by atoms with van der Waals surface area (Å²) < 4.78 is 7.52. The molecule has 3 aromatic rings. The Balaban J connectivity index is 1.77. The summed E-state index contributed by atoms with van der Waals surface area (Å²) in [5, 5.41) is 9.18. The molecule has 1 amide bonds. The molecule has 0 unspecified atom stereocenters. The van der Waals surface area contributed by atoms with Crippen LogP contribution in [0.1, 0.15) is 23.3 Å². The van der Waals surface area contributed by atoms with Crippen LogP contribution in [0.4, 0.5) is 17.2 Å². The zero-order chi connectivity index (χ0) is 22.0. The summed E-state index contributed by atoms with van der Waals surface area (Å²) in [5.41, 5.74) is 16.6. The molecule has 2 aromatic heterocycles. The Labute approximate surface area is 185 Å². The van der Waals surface area contributed by atoms with Gasteiger partial charge in [-0.1, -0.05) is 0 Å². The quantitative estimate of drug-likeness (QED) is 0.502. The molecule has 3 heterocycles. The van der Waals surface area contributed by atoms with Gasteiger partial charge < -0.3 is 26.4 Å². The number of piperidine rings is 1. The average molecular weight is 442 g/mol. The molecule has 0 spiro atoms. The molecule has 9 nitrogen and oxygen atoms in total. The van der Waals surface area contributed by atoms with Gasteiger partial charge in [-0.15, -0.1) is 11.3 Å². The van der Waals surface area contributed by atoms with E-state index in [2.05, 4.69) is 20.3 Å². The Bertz CT molecular complexity index is 1060. The first-order chi connectivity index (χ1) is 15.0. The molecule has 1 fully saturated rings. The predicted octanol–water partition coefficient (Wildman–Crippen LogP) is 2.56. The van der Waals surface area contributed by atoms with E-state index in [0.29, 0.717) is 35.3 Å². The van der Waals surface area contributed by atoms with Crippen molar-refractivity contribution in [2.75, 3.05) is 42.7 Å². The Morgan fingerprint density at radius 3 is 2.77 bits per heavy atom. The van der Waals surface area contributed by atoms with Crippen LogP contribution in [0.3, 0.4) is 0 Å². The van der Waals surface area contributed by atoms with Gasteiger partial charge in [0.05, 0.1) is 30.1 Å². The normalized spacial score (nSPS) is 14.6. The zero-order valence-corrected chi connectivity index (χ0v) is 18.5. The van der Waals surface area contributed by atoms with Crippen molar-refractivity contribution in [2.45, 2.75) is 12.8 Å². The zero-order valence-electron chi connectivity index (χ0n) is 17.7. The third-order valence-electron chi connectivity index (χ3n) is 5.68. The Hall–Kier alpha value is -3.11. The van der Waals surface area contributed by atoms with E-state index in [-0.39, 0.29) is 5.91 Å². The molecule has 1 saturated heterocycles. The third-order valence-corrected chi connectivity index (χ3v) is 6.27. The fraction of sp³-hybridized carbons (Fsp3) is 0.381. The van der Waals surface area contributed by atoms with Crippen LogP contribution in [-0.4, -0.2) is 47.4 Å². The lowest BCUT2D eigenvalue weighted by atomic mass is 9.96. The van der Waals surface area contributed by atoms with Crippen molar-refractivity contribution in [1.29, 1.82) is 0 Å². The number of hydrogen-bond acceptors (Lipinski definition) is 8. The lowest BCUT2D eigenvalue weighted by Gasteiger charge is -2.33. The van der Waals surface area contributed by atoms with E-state index < -0.39 is 0 Å². The van der Waals surface area contributed by atoms with Gasteiger partial charge in [0, 0.05) is 42.8 Å². The first kappa shape index (κ1) is 21.1. The van der Waals surface area contributed by atoms with Gasteiger partial charge in [-0.2, -0.15) is 5.10 Å². The molecular formula is C21H27N7O2S. The predicted molar refractivity (Wildman–Crippen MR) is 124 cm³/mol. The van der Waals surface area contributed by atoms with E-state index in [1.54, 1.807) is 36.3 Å². The molecule has 1 aromatic carbocycles. The number of nitrogens with two attached hydrogens (primary N) is 2. The van der Waals surface area contributed by atoms with Gasteiger partial charge in [0.15, 0.2) is 0 Å². The Morgan fingerprint density at radius 1 is 1.35 bits per heavy atom. The topological polar surface area (TPSA) is 124 Å². The van der Waals surface area contributed by atoms with Crippen molar-refractivity contribution in [3.05, 3.63) is 34.9 Å². The Morgan fingerprint density at radius 2 is 2.13 bits per heavy atom. The van der Waals surface area contributed by atoms with Crippen molar-refractivity contribution in [1.82, 2.24) is 14.8 Å². The molecule has 5 N–H and O–H groups in total. The summed E-state index contributed by atoms with van der Waals surface area (Å²) >= 11 is 1.37. The second-order valence-electron chi connectivity index (χ2n) is 7.65. The lowest BCUT2D eigenvalue weighted by molar-refractivity contribution is 0.102. The van der Waals surface area contributed by atoms with Crippen molar-refractivity contribution in [3.8, 4) is 16.9 Å². The van der Waals surface area contributed by atoms with E-state index in [9.17, 15) is 4.79 Å². The van der Waals surface area contributed by atoms with E-state index >= 15 is 0 Å². The molecule has 0 aliphatic carbocycles. The minimum atomic E-state index is -0.302. The van der Waals surface area contributed by atoms with Gasteiger partial charge in [-0.25, -0.2) is 4.98 Å². The maximum Gasteiger partial charge on any atom is 0.275 e. The molecule has 10 heteroatoms. The molecule has 0 saturated carbocycles. The monoisotopic (exact) mass is 441 g/mol. The SMILES string of the molecule is COc1cc(N)cc(NC(=O)c2cscn2)c1-c1cnn(C)c1N1CCC(CN)CC1. The standard InChI is InChI=1S/C21H27N7O2S/c1-27-21(28-5-3-13(9-22)4-6-28)15(10-25-27)19-16(7-14(23)8-18(19)30-2)26-20(29)17-11-31-12-24-17/h7-8,10-13H,3-6,9,22-23H2,1-2H3,(H,26,29). The van der Waals surface area contributed by atoms with Crippen LogP contribution < -0.4 is 26.4 Å². The van der Waals surface area contributed by atoms with E-state index in [1.165, 1.54) is 11.3 Å². The average Bonchev–Trinajstić information content (AvgIpc) is 3.43. The fourth-order valence-corrected chi connectivity index (χ4v) is 4.58. The number of thiazole rings is 1. The van der Waals surface area contributed by atoms with Gasteiger partial charge in [0.1, 0.15) is 17.3 Å². The number of anilines is 3. The number of carbonyl (C=O) groups excluding carboxylic acids is 1. The molecule has 1 aliphatic rings. The molecule has 0 bridgehead atoms. The van der Waals surface area contributed by atoms with Gasteiger partial charge >= 0.3 is 0 Å². The molecule has 31 heavy (non-hydrogen) atoms. The minimum Gasteiger partial charge on any atom is -0.496 e. The van der Waals surface area contributed by atoms with Crippen LogP contribution in [0.2, 0.25) is 0 Å². The highest BCUT2D eigenvalue weighted by molar-refractivity contribution is 7.07. The van der Waals surface area contributed by atoms with Crippen LogP contribution in [0.5, 0.6) is 5.75 Å². The number of rotatable bonds is 6. The second kappa shape index (κ2) is 8.94. The molecule has 0 radical (unpaired) electrons. The van der Waals surface area contributed by atoms with Crippen LogP contribution >= 0.6 is 11.3 Å². The first-order valence-corrected chi connectivity index (χ1v) is 11.1. The number of methoxy groups -OCH3 is 1. The molecule has 4 rings (SSSR count). The van der Waals surface area contributed by atoms with Crippen molar-refractivity contribution >= 4 is 34.4 Å². The van der Waals surface area contributed by atoms with Crippen molar-refractivity contribution in [3.63, 3.8) is 0 Å². The van der Waals surface area contributed by atoms with Gasteiger partial charge in [-0.05, 0) is 31.4 Å². The summed E-state index contributed by atoms with van der Waals surface area (Å²) in [6, 6.07) is 3.49. The van der Waals surface area contributed by atoms with Crippen LogP contribution in [0, 0.1) is 5.92 Å². The number of nitrogens with zero attached hydrogens (tertiary/aromatic N) is 4. The van der Waals surface area contributed by atoms with Crippen LogP contribution in [0.25, 0.3) is 11.1 Å². The second-order valence-corrected chi connectivity index (χ2v) is 8.36. The van der Waals surface area contributed by atoms with Crippen molar-refractivity contribution in [2.24, 2.45) is 18.7 Å².